The maximum absolute atomic E-state index is 12.9. The number of allylic oxidation sites excluding steroid dienone is 2. The molecule has 0 radical (unpaired) electrons. The number of halogens is 3. The van der Waals surface area contributed by atoms with E-state index in [9.17, 15) is 4.39 Å². The molecule has 3 heteroatoms. The third-order valence-electron chi connectivity index (χ3n) is 2.83. The molecule has 16 heavy (non-hydrogen) atoms. The zero-order chi connectivity index (χ0) is 11.5. The van der Waals surface area contributed by atoms with E-state index in [4.69, 9.17) is 23.2 Å². The summed E-state index contributed by atoms with van der Waals surface area (Å²) in [6.07, 6.45) is 6.12. The molecule has 0 nitrogen and oxygen atoms in total. The van der Waals surface area contributed by atoms with Gasteiger partial charge in [0.05, 0.1) is 5.38 Å². The van der Waals surface area contributed by atoms with E-state index >= 15 is 0 Å². The van der Waals surface area contributed by atoms with Gasteiger partial charge in [-0.2, -0.15) is 0 Å². The van der Waals surface area contributed by atoms with Crippen molar-refractivity contribution in [2.75, 3.05) is 0 Å². The quantitative estimate of drug-likeness (QED) is 0.531. The normalized spacial score (nSPS) is 20.7. The van der Waals surface area contributed by atoms with E-state index in [-0.39, 0.29) is 11.2 Å². The highest BCUT2D eigenvalue weighted by Crippen LogP contribution is 2.27. The molecule has 1 aliphatic carbocycles. The molecule has 0 saturated heterocycles. The Morgan fingerprint density at radius 3 is 2.88 bits per heavy atom. The first-order valence-electron chi connectivity index (χ1n) is 5.43. The SMILES string of the molecule is Fc1ccc(CC2=CC(Cl)CCC2)c(Cl)c1. The zero-order valence-electron chi connectivity index (χ0n) is 8.85. The van der Waals surface area contributed by atoms with Crippen LogP contribution in [-0.2, 0) is 6.42 Å². The predicted octanol–water partition coefficient (Wildman–Crippen LogP) is 4.74. The summed E-state index contributed by atoms with van der Waals surface area (Å²) in [6.45, 7) is 0. The lowest BCUT2D eigenvalue weighted by Gasteiger charge is -2.17. The lowest BCUT2D eigenvalue weighted by Crippen LogP contribution is -2.05. The van der Waals surface area contributed by atoms with Crippen LogP contribution in [0.4, 0.5) is 4.39 Å². The molecule has 1 aliphatic rings. The van der Waals surface area contributed by atoms with E-state index in [2.05, 4.69) is 6.08 Å². The molecule has 2 rings (SSSR count). The Hall–Kier alpha value is -0.530. The van der Waals surface area contributed by atoms with Crippen LogP contribution in [0.15, 0.2) is 29.8 Å². The average molecular weight is 259 g/mol. The fraction of sp³-hybridized carbons (Fsp3) is 0.385. The van der Waals surface area contributed by atoms with Gasteiger partial charge in [0.25, 0.3) is 0 Å². The minimum absolute atomic E-state index is 0.142. The van der Waals surface area contributed by atoms with Crippen molar-refractivity contribution in [1.29, 1.82) is 0 Å². The molecular formula is C13H13Cl2F. The van der Waals surface area contributed by atoms with Crippen molar-refractivity contribution in [2.45, 2.75) is 31.1 Å². The van der Waals surface area contributed by atoms with Crippen LogP contribution < -0.4 is 0 Å². The molecule has 86 valence electrons. The van der Waals surface area contributed by atoms with E-state index in [0.29, 0.717) is 5.02 Å². The molecule has 1 aromatic rings. The second kappa shape index (κ2) is 5.20. The molecular weight excluding hydrogens is 246 g/mol. The summed E-state index contributed by atoms with van der Waals surface area (Å²) in [5, 5.41) is 0.639. The lowest BCUT2D eigenvalue weighted by atomic mass is 9.94. The topological polar surface area (TPSA) is 0 Å². The summed E-state index contributed by atoms with van der Waals surface area (Å²) in [5.41, 5.74) is 2.28. The summed E-state index contributed by atoms with van der Waals surface area (Å²) in [4.78, 5) is 0. The standard InChI is InChI=1S/C13H13Cl2F/c14-11-3-1-2-9(7-11)6-10-4-5-12(16)8-13(10)15/h4-5,7-8,11H,1-3,6H2. The van der Waals surface area contributed by atoms with Crippen LogP contribution in [0.3, 0.4) is 0 Å². The maximum atomic E-state index is 12.9. The van der Waals surface area contributed by atoms with Crippen molar-refractivity contribution < 1.29 is 4.39 Å². The molecule has 0 saturated carbocycles. The Morgan fingerprint density at radius 1 is 1.38 bits per heavy atom. The number of hydrogen-bond donors (Lipinski definition) is 0. The van der Waals surface area contributed by atoms with Crippen LogP contribution in [0.2, 0.25) is 5.02 Å². The van der Waals surface area contributed by atoms with Crippen molar-refractivity contribution in [2.24, 2.45) is 0 Å². The molecule has 0 heterocycles. The van der Waals surface area contributed by atoms with E-state index in [0.717, 1.165) is 31.2 Å². The molecule has 1 aromatic carbocycles. The zero-order valence-corrected chi connectivity index (χ0v) is 10.4. The van der Waals surface area contributed by atoms with Gasteiger partial charge < -0.3 is 0 Å². The molecule has 0 N–H and O–H groups in total. The van der Waals surface area contributed by atoms with Gasteiger partial charge in [-0.25, -0.2) is 4.39 Å². The summed E-state index contributed by atoms with van der Waals surface area (Å²) in [6, 6.07) is 4.55. The fourth-order valence-corrected chi connectivity index (χ4v) is 2.57. The summed E-state index contributed by atoms with van der Waals surface area (Å²) in [7, 11) is 0. The lowest BCUT2D eigenvalue weighted by molar-refractivity contribution is 0.627. The van der Waals surface area contributed by atoms with Gasteiger partial charge in [-0.1, -0.05) is 29.3 Å². The van der Waals surface area contributed by atoms with Crippen LogP contribution in [0.5, 0.6) is 0 Å². The van der Waals surface area contributed by atoms with Gasteiger partial charge in [0.2, 0.25) is 0 Å². The molecule has 1 unspecified atom stereocenters. The first-order chi connectivity index (χ1) is 7.65. The average Bonchev–Trinajstić information content (AvgIpc) is 2.22. The Kier molecular flexibility index (Phi) is 3.88. The minimum Gasteiger partial charge on any atom is -0.207 e. The highest BCUT2D eigenvalue weighted by Gasteiger charge is 2.12. The van der Waals surface area contributed by atoms with Crippen LogP contribution in [-0.4, -0.2) is 5.38 Å². The number of hydrogen-bond acceptors (Lipinski definition) is 0. The van der Waals surface area contributed by atoms with Crippen LogP contribution in [0, 0.1) is 5.82 Å². The Balaban J connectivity index is 2.14. The molecule has 0 amide bonds. The van der Waals surface area contributed by atoms with Gasteiger partial charge >= 0.3 is 0 Å². The van der Waals surface area contributed by atoms with E-state index in [1.807, 2.05) is 0 Å². The van der Waals surface area contributed by atoms with Gasteiger partial charge in [-0.05, 0) is 43.4 Å². The Bertz CT molecular complexity index is 412. The molecule has 1 atom stereocenters. The van der Waals surface area contributed by atoms with E-state index < -0.39 is 0 Å². The smallest absolute Gasteiger partial charge is 0.124 e. The maximum Gasteiger partial charge on any atom is 0.124 e. The number of benzene rings is 1. The molecule has 0 fully saturated rings. The number of alkyl halides is 1. The Labute approximate surface area is 105 Å². The van der Waals surface area contributed by atoms with Crippen molar-refractivity contribution in [1.82, 2.24) is 0 Å². The molecule has 0 aliphatic heterocycles. The van der Waals surface area contributed by atoms with Crippen molar-refractivity contribution >= 4 is 23.2 Å². The molecule has 0 spiro atoms. The highest BCUT2D eigenvalue weighted by molar-refractivity contribution is 6.31. The van der Waals surface area contributed by atoms with E-state index in [1.54, 1.807) is 6.07 Å². The van der Waals surface area contributed by atoms with Crippen LogP contribution in [0.25, 0.3) is 0 Å². The monoisotopic (exact) mass is 258 g/mol. The van der Waals surface area contributed by atoms with Gasteiger partial charge in [0.15, 0.2) is 0 Å². The van der Waals surface area contributed by atoms with Gasteiger partial charge in [0.1, 0.15) is 5.82 Å². The van der Waals surface area contributed by atoms with Crippen molar-refractivity contribution in [3.05, 3.63) is 46.3 Å². The summed E-state index contributed by atoms with van der Waals surface area (Å²) in [5.74, 6) is -0.290. The largest absolute Gasteiger partial charge is 0.207 e. The van der Waals surface area contributed by atoms with Crippen LogP contribution >= 0.6 is 23.2 Å². The first kappa shape index (κ1) is 11.9. The summed E-state index contributed by atoms with van der Waals surface area (Å²) < 4.78 is 12.9. The van der Waals surface area contributed by atoms with Crippen molar-refractivity contribution in [3.8, 4) is 0 Å². The van der Waals surface area contributed by atoms with Gasteiger partial charge in [-0.3, -0.25) is 0 Å². The minimum atomic E-state index is -0.290. The second-order valence-electron chi connectivity index (χ2n) is 4.15. The van der Waals surface area contributed by atoms with Crippen molar-refractivity contribution in [3.63, 3.8) is 0 Å². The highest BCUT2D eigenvalue weighted by atomic mass is 35.5. The fourth-order valence-electron chi connectivity index (χ4n) is 2.00. The third kappa shape index (κ3) is 2.99. The third-order valence-corrected chi connectivity index (χ3v) is 3.52. The first-order valence-corrected chi connectivity index (χ1v) is 6.24. The van der Waals surface area contributed by atoms with E-state index in [1.165, 1.54) is 17.7 Å². The van der Waals surface area contributed by atoms with Gasteiger partial charge in [0, 0.05) is 5.02 Å². The Morgan fingerprint density at radius 2 is 2.19 bits per heavy atom. The predicted molar refractivity (Wildman–Crippen MR) is 66.7 cm³/mol. The number of rotatable bonds is 2. The van der Waals surface area contributed by atoms with Crippen LogP contribution in [0.1, 0.15) is 24.8 Å². The molecule has 0 bridgehead atoms. The molecule has 0 aromatic heterocycles. The second-order valence-corrected chi connectivity index (χ2v) is 5.11. The van der Waals surface area contributed by atoms with Gasteiger partial charge in [-0.15, -0.1) is 11.6 Å². The summed E-state index contributed by atoms with van der Waals surface area (Å²) >= 11 is 12.1.